The number of hydrogen-bond donors (Lipinski definition) is 0. The maximum atomic E-state index is 5.16. The Morgan fingerprint density at radius 3 is 1.85 bits per heavy atom. The Bertz CT molecular complexity index is 2420. The van der Waals surface area contributed by atoms with Gasteiger partial charge in [-0.3, -0.25) is 4.98 Å². The Hall–Kier alpha value is -5.93. The zero-order valence-electron chi connectivity index (χ0n) is 26.3. The molecule has 3 nitrogen and oxygen atoms in total. The minimum Gasteiger partial charge on any atom is -0.264 e. The van der Waals surface area contributed by atoms with Crippen LogP contribution in [0, 0.1) is 0 Å². The van der Waals surface area contributed by atoms with E-state index in [-0.39, 0.29) is 5.41 Å². The lowest BCUT2D eigenvalue weighted by atomic mass is 9.77. The Morgan fingerprint density at radius 1 is 0.447 bits per heavy atom. The fraction of sp³-hybridized carbons (Fsp3) is 0.0682. The predicted octanol–water partition coefficient (Wildman–Crippen LogP) is 11.2. The van der Waals surface area contributed by atoms with Crippen LogP contribution in [0.2, 0.25) is 0 Å². The van der Waals surface area contributed by atoms with Crippen LogP contribution in [0.4, 0.5) is 0 Å². The third-order valence-corrected chi connectivity index (χ3v) is 9.74. The molecule has 8 aromatic rings. The van der Waals surface area contributed by atoms with Crippen LogP contribution in [0.3, 0.4) is 0 Å². The first-order valence-corrected chi connectivity index (χ1v) is 16.1. The lowest BCUT2D eigenvalue weighted by Crippen LogP contribution is -2.17. The Morgan fingerprint density at radius 2 is 1.06 bits per heavy atom. The molecule has 3 heteroatoms. The van der Waals surface area contributed by atoms with E-state index in [4.69, 9.17) is 9.97 Å². The smallest absolute Gasteiger partial charge is 0.160 e. The highest BCUT2D eigenvalue weighted by Crippen LogP contribution is 2.55. The highest BCUT2D eigenvalue weighted by atomic mass is 14.9. The van der Waals surface area contributed by atoms with Crippen molar-refractivity contribution in [2.45, 2.75) is 19.3 Å². The number of hydrogen-bond acceptors (Lipinski definition) is 3. The molecule has 1 aliphatic carbocycles. The molecule has 0 unspecified atom stereocenters. The van der Waals surface area contributed by atoms with Crippen LogP contribution in [0.1, 0.15) is 25.0 Å². The van der Waals surface area contributed by atoms with Crippen molar-refractivity contribution < 1.29 is 0 Å². The standard InChI is InChI=1S/C44H31N3/c1-44(2)41-31-16-7-6-12-28(31)21-22-38(41)37-20-10-19-36(42(37)44)34-23-24-35(33-18-9-8-17-32(33)34)40-26-39(30-15-11-25-45-27-30)46-43(47-40)29-13-4-3-5-14-29/h3-27H,1-2H3. The summed E-state index contributed by atoms with van der Waals surface area (Å²) in [5, 5.41) is 4.99. The SMILES string of the molecule is CC1(C)c2c(cccc2-c2ccc(-c3cc(-c4cccnc4)nc(-c4ccccc4)n3)c3ccccc23)-c2ccc3ccccc3c21. The van der Waals surface area contributed by atoms with Crippen molar-refractivity contribution in [3.63, 3.8) is 0 Å². The first-order valence-electron chi connectivity index (χ1n) is 16.1. The van der Waals surface area contributed by atoms with Gasteiger partial charge in [0.1, 0.15) is 0 Å². The molecule has 1 aliphatic rings. The number of benzene rings is 6. The van der Waals surface area contributed by atoms with Gasteiger partial charge in [0.25, 0.3) is 0 Å². The largest absolute Gasteiger partial charge is 0.264 e. The Kier molecular flexibility index (Phi) is 6.16. The molecule has 0 aliphatic heterocycles. The summed E-state index contributed by atoms with van der Waals surface area (Å²) in [4.78, 5) is 14.5. The van der Waals surface area contributed by atoms with E-state index in [0.717, 1.165) is 33.5 Å². The number of pyridine rings is 1. The van der Waals surface area contributed by atoms with Crippen LogP contribution in [0.15, 0.2) is 152 Å². The molecule has 9 rings (SSSR count). The summed E-state index contributed by atoms with van der Waals surface area (Å²) in [5.41, 5.74) is 12.6. The van der Waals surface area contributed by atoms with E-state index in [1.165, 1.54) is 49.5 Å². The quantitative estimate of drug-likeness (QED) is 0.201. The van der Waals surface area contributed by atoms with Crippen LogP contribution >= 0.6 is 0 Å². The number of nitrogens with zero attached hydrogens (tertiary/aromatic N) is 3. The van der Waals surface area contributed by atoms with E-state index in [2.05, 4.69) is 128 Å². The second kappa shape index (κ2) is 10.6. The minimum atomic E-state index is -0.169. The number of rotatable bonds is 4. The normalized spacial score (nSPS) is 13.1. The van der Waals surface area contributed by atoms with Crippen molar-refractivity contribution in [3.8, 4) is 56.2 Å². The van der Waals surface area contributed by atoms with Crippen LogP contribution in [-0.4, -0.2) is 15.0 Å². The maximum absolute atomic E-state index is 5.16. The zero-order valence-corrected chi connectivity index (χ0v) is 26.3. The van der Waals surface area contributed by atoms with Crippen molar-refractivity contribution in [3.05, 3.63) is 163 Å². The van der Waals surface area contributed by atoms with E-state index in [9.17, 15) is 0 Å². The molecule has 222 valence electrons. The average molecular weight is 602 g/mol. The Labute approximate surface area is 274 Å². The molecule has 2 heterocycles. The molecule has 47 heavy (non-hydrogen) atoms. The van der Waals surface area contributed by atoms with Crippen molar-refractivity contribution in [1.82, 2.24) is 15.0 Å². The zero-order chi connectivity index (χ0) is 31.5. The van der Waals surface area contributed by atoms with Gasteiger partial charge in [-0.05, 0) is 73.1 Å². The van der Waals surface area contributed by atoms with Gasteiger partial charge in [-0.1, -0.05) is 135 Å². The molecular weight excluding hydrogens is 571 g/mol. The van der Waals surface area contributed by atoms with Gasteiger partial charge >= 0.3 is 0 Å². The molecule has 0 atom stereocenters. The summed E-state index contributed by atoms with van der Waals surface area (Å²) >= 11 is 0. The van der Waals surface area contributed by atoms with E-state index in [0.29, 0.717) is 5.82 Å². The highest BCUT2D eigenvalue weighted by Gasteiger charge is 2.39. The van der Waals surface area contributed by atoms with Gasteiger partial charge in [0.2, 0.25) is 0 Å². The van der Waals surface area contributed by atoms with Gasteiger partial charge in [-0.2, -0.15) is 0 Å². The van der Waals surface area contributed by atoms with Gasteiger partial charge in [-0.25, -0.2) is 9.97 Å². The van der Waals surface area contributed by atoms with E-state index < -0.39 is 0 Å². The van der Waals surface area contributed by atoms with Gasteiger partial charge in [-0.15, -0.1) is 0 Å². The fourth-order valence-electron chi connectivity index (χ4n) is 7.69. The first kappa shape index (κ1) is 27.4. The summed E-state index contributed by atoms with van der Waals surface area (Å²) in [6, 6.07) is 49.7. The molecule has 0 N–H and O–H groups in total. The van der Waals surface area contributed by atoms with Crippen molar-refractivity contribution in [2.24, 2.45) is 0 Å². The summed E-state index contributed by atoms with van der Waals surface area (Å²) in [5.74, 6) is 0.697. The van der Waals surface area contributed by atoms with Gasteiger partial charge in [0.15, 0.2) is 5.82 Å². The van der Waals surface area contributed by atoms with Crippen LogP contribution in [0.25, 0.3) is 77.7 Å². The summed E-state index contributed by atoms with van der Waals surface area (Å²) in [6.45, 7) is 4.77. The second-order valence-corrected chi connectivity index (χ2v) is 12.8. The minimum absolute atomic E-state index is 0.169. The monoisotopic (exact) mass is 601 g/mol. The molecule has 0 bridgehead atoms. The van der Waals surface area contributed by atoms with E-state index in [1.807, 2.05) is 36.5 Å². The molecule has 0 spiro atoms. The number of aromatic nitrogens is 3. The first-order chi connectivity index (χ1) is 23.1. The summed E-state index contributed by atoms with van der Waals surface area (Å²) in [7, 11) is 0. The van der Waals surface area contributed by atoms with Crippen molar-refractivity contribution in [2.75, 3.05) is 0 Å². The summed E-state index contributed by atoms with van der Waals surface area (Å²) < 4.78 is 0. The predicted molar refractivity (Wildman–Crippen MR) is 194 cm³/mol. The second-order valence-electron chi connectivity index (χ2n) is 12.8. The molecule has 0 saturated heterocycles. The Balaban J connectivity index is 1.26. The molecule has 6 aromatic carbocycles. The van der Waals surface area contributed by atoms with Crippen LogP contribution < -0.4 is 0 Å². The topological polar surface area (TPSA) is 38.7 Å². The van der Waals surface area contributed by atoms with Crippen LogP contribution in [0.5, 0.6) is 0 Å². The van der Waals surface area contributed by atoms with Gasteiger partial charge in [0.05, 0.1) is 11.4 Å². The molecule has 0 saturated carbocycles. The summed E-state index contributed by atoms with van der Waals surface area (Å²) in [6.07, 6.45) is 3.65. The lowest BCUT2D eigenvalue weighted by Gasteiger charge is -2.26. The molecular formula is C44H31N3. The molecule has 0 radical (unpaired) electrons. The third-order valence-electron chi connectivity index (χ3n) is 9.74. The maximum Gasteiger partial charge on any atom is 0.160 e. The van der Waals surface area contributed by atoms with E-state index >= 15 is 0 Å². The molecule has 0 fully saturated rings. The van der Waals surface area contributed by atoms with Crippen molar-refractivity contribution >= 4 is 21.5 Å². The van der Waals surface area contributed by atoms with Gasteiger partial charge < -0.3 is 0 Å². The van der Waals surface area contributed by atoms with Crippen LogP contribution in [-0.2, 0) is 5.41 Å². The van der Waals surface area contributed by atoms with Crippen molar-refractivity contribution in [1.29, 1.82) is 0 Å². The third kappa shape index (κ3) is 4.31. The average Bonchev–Trinajstić information content (AvgIpc) is 3.38. The van der Waals surface area contributed by atoms with E-state index in [1.54, 1.807) is 6.20 Å². The fourth-order valence-corrected chi connectivity index (χ4v) is 7.69. The highest BCUT2D eigenvalue weighted by molar-refractivity contribution is 6.07. The number of fused-ring (bicyclic) bond motifs is 6. The lowest BCUT2D eigenvalue weighted by molar-refractivity contribution is 0.668. The molecule has 0 amide bonds. The molecule has 2 aromatic heterocycles. The van der Waals surface area contributed by atoms with Gasteiger partial charge in [0, 0.05) is 34.5 Å².